The molecule has 2 aromatic carbocycles. The highest BCUT2D eigenvalue weighted by molar-refractivity contribution is 5.76. The number of aromatic amines is 1. The van der Waals surface area contributed by atoms with Gasteiger partial charge in [0.05, 0.1) is 17.8 Å². The van der Waals surface area contributed by atoms with Crippen LogP contribution in [0.4, 0.5) is 8.78 Å². The summed E-state index contributed by atoms with van der Waals surface area (Å²) in [5.41, 5.74) is 0.434. The number of halogens is 2. The van der Waals surface area contributed by atoms with Gasteiger partial charge in [-0.15, -0.1) is 0 Å². The maximum atomic E-state index is 14.2. The molecule has 0 spiro atoms. The van der Waals surface area contributed by atoms with E-state index in [1.54, 1.807) is 0 Å². The van der Waals surface area contributed by atoms with Crippen LogP contribution in [0.3, 0.4) is 0 Å². The van der Waals surface area contributed by atoms with Gasteiger partial charge in [0.2, 0.25) is 0 Å². The molecule has 1 N–H and O–H groups in total. The minimum atomic E-state index is -0.691. The summed E-state index contributed by atoms with van der Waals surface area (Å²) < 4.78 is 28.3. The van der Waals surface area contributed by atoms with E-state index >= 15 is 0 Å². The van der Waals surface area contributed by atoms with Gasteiger partial charge >= 0.3 is 0 Å². The highest BCUT2D eigenvalue weighted by Gasteiger charge is 2.16. The summed E-state index contributed by atoms with van der Waals surface area (Å²) in [5.74, 6) is -1.35. The quantitative estimate of drug-likeness (QED) is 0.790. The van der Waals surface area contributed by atoms with Crippen molar-refractivity contribution in [1.82, 2.24) is 10.2 Å². The van der Waals surface area contributed by atoms with Crippen LogP contribution in [0.25, 0.3) is 22.3 Å². The van der Waals surface area contributed by atoms with Gasteiger partial charge in [0.25, 0.3) is 5.56 Å². The predicted molar refractivity (Wildman–Crippen MR) is 80.4 cm³/mol. The molecule has 3 rings (SSSR count). The summed E-state index contributed by atoms with van der Waals surface area (Å²) in [4.78, 5) is 11.3. The number of nitrogens with zero attached hydrogens (tertiary/aromatic N) is 2. The fourth-order valence-corrected chi connectivity index (χ4v) is 2.32. The van der Waals surface area contributed by atoms with Gasteiger partial charge in [0.15, 0.2) is 0 Å². The predicted octanol–water partition coefficient (Wildman–Crippen LogP) is 3.25. The molecule has 1 heterocycles. The number of hydrogen-bond acceptors (Lipinski definition) is 3. The third kappa shape index (κ3) is 2.72. The fourth-order valence-electron chi connectivity index (χ4n) is 2.32. The van der Waals surface area contributed by atoms with Crippen molar-refractivity contribution in [2.24, 2.45) is 0 Å². The Bertz CT molecular complexity index is 990. The summed E-state index contributed by atoms with van der Waals surface area (Å²) >= 11 is 0. The molecule has 0 radical (unpaired) electrons. The molecule has 0 saturated carbocycles. The zero-order chi connectivity index (χ0) is 16.4. The molecular formula is C17H9F2N3O. The van der Waals surface area contributed by atoms with E-state index in [0.29, 0.717) is 11.1 Å². The van der Waals surface area contributed by atoms with Gasteiger partial charge in [-0.05, 0) is 29.8 Å². The SMILES string of the molecule is N#Cc1cccc(F)c1-c1cc(-c2cn[nH]c(=O)c2)ccc1F. The maximum Gasteiger partial charge on any atom is 0.264 e. The molecule has 0 fully saturated rings. The number of hydrogen-bond donors (Lipinski definition) is 1. The Morgan fingerprint density at radius 1 is 1.04 bits per heavy atom. The molecule has 6 heteroatoms. The van der Waals surface area contributed by atoms with E-state index in [-0.39, 0.29) is 16.7 Å². The summed E-state index contributed by atoms with van der Waals surface area (Å²) in [6, 6.07) is 11.1. The second-order valence-electron chi connectivity index (χ2n) is 4.80. The van der Waals surface area contributed by atoms with Crippen LogP contribution in [-0.2, 0) is 0 Å². The van der Waals surface area contributed by atoms with Crippen molar-refractivity contribution in [2.45, 2.75) is 0 Å². The van der Waals surface area contributed by atoms with Crippen LogP contribution < -0.4 is 5.56 Å². The van der Waals surface area contributed by atoms with Crippen molar-refractivity contribution in [1.29, 1.82) is 5.26 Å². The first kappa shape index (κ1) is 14.6. The van der Waals surface area contributed by atoms with Crippen LogP contribution in [0, 0.1) is 23.0 Å². The molecule has 0 atom stereocenters. The van der Waals surface area contributed by atoms with Crippen molar-refractivity contribution >= 4 is 0 Å². The van der Waals surface area contributed by atoms with Gasteiger partial charge < -0.3 is 0 Å². The standard InChI is InChI=1S/C17H9F2N3O/c18-14-5-4-10(12-7-16(23)22-21-9-12)6-13(14)17-11(8-20)2-1-3-15(17)19/h1-7,9H,(H,22,23). The number of nitrogens with one attached hydrogen (secondary N) is 1. The van der Waals surface area contributed by atoms with Crippen molar-refractivity contribution in [3.63, 3.8) is 0 Å². The summed E-state index contributed by atoms with van der Waals surface area (Å²) in [6.45, 7) is 0. The van der Waals surface area contributed by atoms with Crippen LogP contribution in [0.1, 0.15) is 5.56 Å². The van der Waals surface area contributed by atoms with E-state index in [9.17, 15) is 13.6 Å². The smallest absolute Gasteiger partial charge is 0.264 e. The third-order valence-corrected chi connectivity index (χ3v) is 3.37. The molecule has 0 saturated heterocycles. The first-order chi connectivity index (χ1) is 11.1. The van der Waals surface area contributed by atoms with Crippen LogP contribution in [0.2, 0.25) is 0 Å². The lowest BCUT2D eigenvalue weighted by molar-refractivity contribution is 0.616. The summed E-state index contributed by atoms with van der Waals surface area (Å²) in [5, 5.41) is 15.0. The van der Waals surface area contributed by atoms with Gasteiger partial charge in [0.1, 0.15) is 11.6 Å². The molecule has 112 valence electrons. The fraction of sp³-hybridized carbons (Fsp3) is 0. The first-order valence-corrected chi connectivity index (χ1v) is 6.64. The summed E-state index contributed by atoms with van der Waals surface area (Å²) in [6.07, 6.45) is 1.41. The van der Waals surface area contributed by atoms with E-state index in [0.717, 1.165) is 6.07 Å². The molecule has 0 aliphatic carbocycles. The van der Waals surface area contributed by atoms with Gasteiger partial charge in [-0.25, -0.2) is 13.9 Å². The monoisotopic (exact) mass is 309 g/mol. The Kier molecular flexibility index (Phi) is 3.69. The van der Waals surface area contributed by atoms with E-state index in [1.165, 1.54) is 42.6 Å². The Hall–Kier alpha value is -3.33. The van der Waals surface area contributed by atoms with Crippen LogP contribution in [-0.4, -0.2) is 10.2 Å². The average molecular weight is 309 g/mol. The minimum Gasteiger partial charge on any atom is -0.268 e. The largest absolute Gasteiger partial charge is 0.268 e. The van der Waals surface area contributed by atoms with Crippen LogP contribution in [0.15, 0.2) is 53.5 Å². The third-order valence-electron chi connectivity index (χ3n) is 3.37. The molecule has 0 bridgehead atoms. The molecule has 0 unspecified atom stereocenters. The van der Waals surface area contributed by atoms with Gasteiger partial charge in [-0.2, -0.15) is 10.4 Å². The second-order valence-corrected chi connectivity index (χ2v) is 4.80. The molecule has 23 heavy (non-hydrogen) atoms. The topological polar surface area (TPSA) is 69.5 Å². The van der Waals surface area contributed by atoms with Crippen molar-refractivity contribution in [3.8, 4) is 28.3 Å². The number of nitriles is 1. The molecule has 4 nitrogen and oxygen atoms in total. The molecule has 1 aromatic heterocycles. The van der Waals surface area contributed by atoms with Gasteiger partial charge in [-0.1, -0.05) is 12.1 Å². The lowest BCUT2D eigenvalue weighted by Crippen LogP contribution is -2.05. The van der Waals surface area contributed by atoms with Crippen molar-refractivity contribution < 1.29 is 8.78 Å². The lowest BCUT2D eigenvalue weighted by atomic mass is 9.96. The number of aromatic nitrogens is 2. The van der Waals surface area contributed by atoms with E-state index in [2.05, 4.69) is 10.2 Å². The Morgan fingerprint density at radius 2 is 1.87 bits per heavy atom. The summed E-state index contributed by atoms with van der Waals surface area (Å²) in [7, 11) is 0. The van der Waals surface area contributed by atoms with Crippen molar-refractivity contribution in [2.75, 3.05) is 0 Å². The van der Waals surface area contributed by atoms with E-state index in [4.69, 9.17) is 5.26 Å². The first-order valence-electron chi connectivity index (χ1n) is 6.64. The maximum absolute atomic E-state index is 14.2. The van der Waals surface area contributed by atoms with Gasteiger partial charge in [-0.3, -0.25) is 4.79 Å². The van der Waals surface area contributed by atoms with Gasteiger partial charge in [0, 0.05) is 22.8 Å². The highest BCUT2D eigenvalue weighted by Crippen LogP contribution is 2.32. The zero-order valence-electron chi connectivity index (χ0n) is 11.7. The lowest BCUT2D eigenvalue weighted by Gasteiger charge is -2.09. The molecule has 0 aliphatic rings. The van der Waals surface area contributed by atoms with E-state index < -0.39 is 17.2 Å². The van der Waals surface area contributed by atoms with Crippen molar-refractivity contribution in [3.05, 3.63) is 76.2 Å². The Balaban J connectivity index is 2.25. The number of benzene rings is 2. The number of rotatable bonds is 2. The van der Waals surface area contributed by atoms with Crippen LogP contribution >= 0.6 is 0 Å². The Morgan fingerprint density at radius 3 is 2.61 bits per heavy atom. The zero-order valence-corrected chi connectivity index (χ0v) is 11.7. The second kappa shape index (κ2) is 5.81. The molecule has 3 aromatic rings. The highest BCUT2D eigenvalue weighted by atomic mass is 19.1. The van der Waals surface area contributed by atoms with Crippen LogP contribution in [0.5, 0.6) is 0 Å². The Labute approximate surface area is 129 Å². The molecule has 0 amide bonds. The number of H-pyrrole nitrogens is 1. The normalized spacial score (nSPS) is 10.3. The molecule has 0 aliphatic heterocycles. The average Bonchev–Trinajstić information content (AvgIpc) is 2.55. The van der Waals surface area contributed by atoms with E-state index in [1.807, 2.05) is 6.07 Å². The molecular weight excluding hydrogens is 300 g/mol. The minimum absolute atomic E-state index is 0.0325.